The van der Waals surface area contributed by atoms with Crippen molar-refractivity contribution in [3.63, 3.8) is 0 Å². The van der Waals surface area contributed by atoms with Crippen LogP contribution in [0, 0.1) is 0 Å². The van der Waals surface area contributed by atoms with Crippen LogP contribution >= 0.6 is 23.5 Å². The fourth-order valence-electron chi connectivity index (χ4n) is 5.35. The van der Waals surface area contributed by atoms with Gasteiger partial charge in [0.05, 0.1) is 72.4 Å². The number of aromatic amines is 2. The van der Waals surface area contributed by atoms with Gasteiger partial charge in [0.15, 0.2) is 10.3 Å². The second kappa shape index (κ2) is 16.6. The number of rotatable bonds is 16. The first-order valence-electron chi connectivity index (χ1n) is 16.3. The number of fused-ring (bicyclic) bond motifs is 2. The summed E-state index contributed by atoms with van der Waals surface area (Å²) >= 11 is 2.63. The molecule has 0 fully saturated rings. The molecule has 0 radical (unpaired) electrons. The van der Waals surface area contributed by atoms with E-state index in [-0.39, 0.29) is 23.3 Å². The van der Waals surface area contributed by atoms with Gasteiger partial charge in [0.25, 0.3) is 0 Å². The molecule has 264 valence electrons. The van der Waals surface area contributed by atoms with Crippen LogP contribution in [0.1, 0.15) is 25.0 Å². The molecule has 2 amide bonds. The molecule has 6 aromatic rings. The normalized spacial score (nSPS) is 11.1. The van der Waals surface area contributed by atoms with Gasteiger partial charge in [0, 0.05) is 12.1 Å². The molecule has 2 heterocycles. The molecule has 0 atom stereocenters. The van der Waals surface area contributed by atoms with Crippen LogP contribution in [-0.4, -0.2) is 70.7 Å². The molecule has 2 aromatic heterocycles. The molecular formula is C37H38N6O6S2. The predicted molar refractivity (Wildman–Crippen MR) is 202 cm³/mol. The van der Waals surface area contributed by atoms with Crippen LogP contribution in [0.15, 0.2) is 83.1 Å². The molecule has 0 saturated heterocycles. The van der Waals surface area contributed by atoms with E-state index in [9.17, 15) is 9.59 Å². The summed E-state index contributed by atoms with van der Waals surface area (Å²) in [7, 11) is 3.14. The van der Waals surface area contributed by atoms with Gasteiger partial charge in [0.2, 0.25) is 11.8 Å². The molecule has 4 N–H and O–H groups in total. The third kappa shape index (κ3) is 9.07. The average molecular weight is 727 g/mol. The highest BCUT2D eigenvalue weighted by atomic mass is 32.2. The maximum absolute atomic E-state index is 12.8. The Balaban J connectivity index is 1.02. The Morgan fingerprint density at radius 1 is 0.647 bits per heavy atom. The Morgan fingerprint density at radius 3 is 1.51 bits per heavy atom. The van der Waals surface area contributed by atoms with Crippen molar-refractivity contribution in [3.05, 3.63) is 83.9 Å². The zero-order valence-corrected chi connectivity index (χ0v) is 30.3. The summed E-state index contributed by atoms with van der Waals surface area (Å²) in [5.41, 5.74) is 6.41. The summed E-state index contributed by atoms with van der Waals surface area (Å²) in [6.07, 6.45) is 0.578. The lowest BCUT2D eigenvalue weighted by atomic mass is 10.0. The van der Waals surface area contributed by atoms with E-state index in [0.29, 0.717) is 52.8 Å². The van der Waals surface area contributed by atoms with Crippen LogP contribution in [0.25, 0.3) is 22.1 Å². The lowest BCUT2D eigenvalue weighted by Crippen LogP contribution is -2.15. The van der Waals surface area contributed by atoms with Gasteiger partial charge in [-0.2, -0.15) is 0 Å². The first kappa shape index (κ1) is 35.5. The number of H-pyrrole nitrogens is 2. The minimum absolute atomic E-state index is 0.167. The Hall–Kier alpha value is -5.34. The van der Waals surface area contributed by atoms with Gasteiger partial charge in [-0.05, 0) is 79.9 Å². The highest BCUT2D eigenvalue weighted by molar-refractivity contribution is 8.00. The highest BCUT2D eigenvalue weighted by Crippen LogP contribution is 2.31. The topological polar surface area (TPSA) is 152 Å². The minimum atomic E-state index is -0.184. The fraction of sp³-hybridized carbons (Fsp3) is 0.243. The molecule has 0 aliphatic heterocycles. The van der Waals surface area contributed by atoms with Gasteiger partial charge >= 0.3 is 0 Å². The number of nitrogens with zero attached hydrogens (tertiary/aromatic N) is 2. The van der Waals surface area contributed by atoms with Crippen LogP contribution in [0.3, 0.4) is 0 Å². The molecule has 14 heteroatoms. The number of carbonyl (C=O) groups excluding carboxylic acids is 2. The van der Waals surface area contributed by atoms with Gasteiger partial charge in [-0.1, -0.05) is 35.7 Å². The highest BCUT2D eigenvalue weighted by Gasteiger charge is 2.14. The van der Waals surface area contributed by atoms with Gasteiger partial charge in [-0.3, -0.25) is 9.59 Å². The second-order valence-electron chi connectivity index (χ2n) is 11.2. The van der Waals surface area contributed by atoms with E-state index in [1.165, 1.54) is 23.5 Å². The van der Waals surface area contributed by atoms with Crippen molar-refractivity contribution < 1.29 is 28.5 Å². The number of hydrogen-bond donors (Lipinski definition) is 4. The van der Waals surface area contributed by atoms with E-state index in [0.717, 1.165) is 44.7 Å². The molecular weight excluding hydrogens is 689 g/mol. The molecule has 0 unspecified atom stereocenters. The Morgan fingerprint density at radius 2 is 1.10 bits per heavy atom. The van der Waals surface area contributed by atoms with E-state index in [2.05, 4.69) is 30.6 Å². The Bertz CT molecular complexity index is 2020. The van der Waals surface area contributed by atoms with Gasteiger partial charge < -0.3 is 39.5 Å². The van der Waals surface area contributed by atoms with E-state index in [4.69, 9.17) is 18.9 Å². The van der Waals surface area contributed by atoms with Crippen LogP contribution in [0.2, 0.25) is 0 Å². The maximum atomic E-state index is 12.8. The van der Waals surface area contributed by atoms with Gasteiger partial charge in [-0.15, -0.1) is 0 Å². The van der Waals surface area contributed by atoms with Crippen LogP contribution < -0.4 is 29.6 Å². The number of imidazole rings is 2. The lowest BCUT2D eigenvalue weighted by Gasteiger charge is -2.14. The molecule has 6 rings (SSSR count). The fourth-order valence-corrected chi connectivity index (χ4v) is 6.72. The van der Waals surface area contributed by atoms with E-state index < -0.39 is 0 Å². The number of amides is 2. The zero-order valence-electron chi connectivity index (χ0n) is 28.6. The number of benzene rings is 4. The number of hydrogen-bond acceptors (Lipinski definition) is 10. The molecule has 0 bridgehead atoms. The average Bonchev–Trinajstić information content (AvgIpc) is 3.74. The molecule has 4 aromatic carbocycles. The Kier molecular flexibility index (Phi) is 11.5. The van der Waals surface area contributed by atoms with Crippen LogP contribution in [-0.2, 0) is 16.0 Å². The summed E-state index contributed by atoms with van der Waals surface area (Å²) in [6.45, 7) is 5.04. The molecule has 12 nitrogen and oxygen atoms in total. The quantitative estimate of drug-likeness (QED) is 0.0748. The summed E-state index contributed by atoms with van der Waals surface area (Å²) < 4.78 is 22.3. The largest absolute Gasteiger partial charge is 0.495 e. The predicted octanol–water partition coefficient (Wildman–Crippen LogP) is 7.31. The third-order valence-corrected chi connectivity index (χ3v) is 9.40. The summed E-state index contributed by atoms with van der Waals surface area (Å²) in [5.74, 6) is 2.59. The summed E-state index contributed by atoms with van der Waals surface area (Å²) in [5, 5.41) is 7.18. The first-order chi connectivity index (χ1) is 24.8. The number of methoxy groups -OCH3 is 2. The van der Waals surface area contributed by atoms with Crippen molar-refractivity contribution in [3.8, 4) is 23.0 Å². The van der Waals surface area contributed by atoms with Crippen LogP contribution in [0.4, 0.5) is 11.4 Å². The van der Waals surface area contributed by atoms with Gasteiger partial charge in [0.1, 0.15) is 23.0 Å². The summed E-state index contributed by atoms with van der Waals surface area (Å²) in [6, 6.07) is 22.7. The van der Waals surface area contributed by atoms with Crippen molar-refractivity contribution in [2.75, 3.05) is 49.6 Å². The lowest BCUT2D eigenvalue weighted by molar-refractivity contribution is -0.114. The smallest absolute Gasteiger partial charge is 0.234 e. The number of nitrogens with one attached hydrogen (secondary N) is 4. The third-order valence-electron chi connectivity index (χ3n) is 7.65. The number of ether oxygens (including phenoxy) is 4. The SMILES string of the molecule is CCOc1ccc2nc(SCC(=O)Nc3ccc(Cc4ccc(NC(=O)CSc5nc6ccc(OCC)cc6[nH]5)c(OC)c4)cc3OC)[nH]c2c1. The van der Waals surface area contributed by atoms with Crippen molar-refractivity contribution in [2.45, 2.75) is 30.6 Å². The van der Waals surface area contributed by atoms with Gasteiger partial charge in [-0.25, -0.2) is 9.97 Å². The van der Waals surface area contributed by atoms with E-state index in [1.54, 1.807) is 14.2 Å². The van der Waals surface area contributed by atoms with Crippen molar-refractivity contribution >= 4 is 68.8 Å². The number of aromatic nitrogens is 4. The van der Waals surface area contributed by atoms with Crippen molar-refractivity contribution in [1.29, 1.82) is 0 Å². The standard InChI is InChI=1S/C37H38N6O6S2/c1-5-48-24-9-13-26-30(18-24)42-36(40-26)50-20-34(44)38-28-11-7-22(16-32(28)46-3)15-23-8-12-29(33(17-23)47-4)39-35(45)21-51-37-41-27-14-10-25(49-6-2)19-31(27)43-37/h7-14,16-19H,5-6,15,20-21H2,1-4H3,(H,38,44)(H,39,45)(H,40,42)(H,41,43). The van der Waals surface area contributed by atoms with Crippen LogP contribution in [0.5, 0.6) is 23.0 Å². The molecule has 0 saturated carbocycles. The number of thioether (sulfide) groups is 2. The first-order valence-corrected chi connectivity index (χ1v) is 18.3. The number of carbonyl (C=O) groups is 2. The Labute approximate surface area is 303 Å². The second-order valence-corrected chi connectivity index (χ2v) is 13.2. The molecule has 0 aliphatic carbocycles. The monoisotopic (exact) mass is 726 g/mol. The van der Waals surface area contributed by atoms with E-state index in [1.807, 2.05) is 86.6 Å². The summed E-state index contributed by atoms with van der Waals surface area (Å²) in [4.78, 5) is 41.3. The maximum Gasteiger partial charge on any atom is 0.234 e. The minimum Gasteiger partial charge on any atom is -0.495 e. The molecule has 0 aliphatic rings. The van der Waals surface area contributed by atoms with Crippen molar-refractivity contribution in [1.82, 2.24) is 19.9 Å². The zero-order chi connectivity index (χ0) is 35.7. The number of anilines is 2. The molecule has 51 heavy (non-hydrogen) atoms. The van der Waals surface area contributed by atoms with E-state index >= 15 is 0 Å². The van der Waals surface area contributed by atoms with Crippen molar-refractivity contribution in [2.24, 2.45) is 0 Å². The molecule has 0 spiro atoms.